The summed E-state index contributed by atoms with van der Waals surface area (Å²) >= 11 is 0. The molecule has 0 rings (SSSR count). The highest BCUT2D eigenvalue weighted by Gasteiger charge is 2.19. The molecular weight excluding hydrogens is 120 g/mol. The van der Waals surface area contributed by atoms with E-state index in [0.29, 0.717) is 0 Å². The number of methoxy groups -OCH3 is 1. The predicted molar refractivity (Wildman–Crippen MR) is 33.3 cm³/mol. The molecule has 0 spiro atoms. The van der Waals surface area contributed by atoms with Crippen LogP contribution in [0.5, 0.6) is 0 Å². The molecule has 54 valence electrons. The van der Waals surface area contributed by atoms with E-state index in [2.05, 4.69) is 4.74 Å². The van der Waals surface area contributed by atoms with Crippen molar-refractivity contribution in [1.82, 2.24) is 0 Å². The lowest BCUT2D eigenvalue weighted by Gasteiger charge is -2.12. The van der Waals surface area contributed by atoms with E-state index in [4.69, 9.17) is 5.11 Å². The summed E-state index contributed by atoms with van der Waals surface area (Å²) < 4.78 is 4.67. The zero-order valence-corrected chi connectivity index (χ0v) is 5.92. The van der Waals surface area contributed by atoms with Gasteiger partial charge < -0.3 is 9.84 Å². The van der Waals surface area contributed by atoms with Crippen LogP contribution in [0, 0.1) is 5.92 Å². The van der Waals surface area contributed by atoms with E-state index in [9.17, 15) is 4.79 Å². The lowest BCUT2D eigenvalue weighted by atomic mass is 10.1. The molecule has 3 nitrogen and oxygen atoms in total. The van der Waals surface area contributed by atoms with E-state index in [1.54, 1.807) is 0 Å². The van der Waals surface area contributed by atoms with Crippen LogP contribution < -0.4 is 0 Å². The molecule has 0 aliphatic heterocycles. The molecule has 0 aromatic rings. The summed E-state index contributed by atoms with van der Waals surface area (Å²) in [6.45, 7) is 3.62. The minimum Gasteiger partial charge on any atom is -0.479 e. The van der Waals surface area contributed by atoms with Crippen LogP contribution in [0.25, 0.3) is 0 Å². The first-order chi connectivity index (χ1) is 4.09. The highest BCUT2D eigenvalue weighted by Crippen LogP contribution is 2.04. The molecule has 9 heavy (non-hydrogen) atoms. The Kier molecular flexibility index (Phi) is 3.24. The highest BCUT2D eigenvalue weighted by molar-refractivity contribution is 5.72. The lowest BCUT2D eigenvalue weighted by molar-refractivity contribution is -0.151. The van der Waals surface area contributed by atoms with Crippen molar-refractivity contribution in [3.05, 3.63) is 0 Å². The van der Waals surface area contributed by atoms with Gasteiger partial charge in [0, 0.05) is 7.11 Å². The Bertz CT molecular complexity index is 98.5. The first kappa shape index (κ1) is 8.43. The van der Waals surface area contributed by atoms with Crippen LogP contribution >= 0.6 is 0 Å². The van der Waals surface area contributed by atoms with Crippen molar-refractivity contribution in [2.24, 2.45) is 5.92 Å². The second-order valence-electron chi connectivity index (χ2n) is 2.24. The third-order valence-electron chi connectivity index (χ3n) is 1.10. The highest BCUT2D eigenvalue weighted by atomic mass is 16.5. The fourth-order valence-corrected chi connectivity index (χ4v) is 0.658. The van der Waals surface area contributed by atoms with Crippen LogP contribution in [0.4, 0.5) is 0 Å². The molecule has 0 aromatic carbocycles. The van der Waals surface area contributed by atoms with Gasteiger partial charge in [-0.25, -0.2) is 4.79 Å². The third-order valence-corrected chi connectivity index (χ3v) is 1.10. The molecular formula is C6H12O3. The van der Waals surface area contributed by atoms with Gasteiger partial charge in [-0.3, -0.25) is 0 Å². The number of ether oxygens (including phenoxy) is 1. The van der Waals surface area contributed by atoms with Crippen molar-refractivity contribution in [1.29, 1.82) is 0 Å². The summed E-state index contributed by atoms with van der Waals surface area (Å²) in [7, 11) is 1.40. The molecule has 0 saturated heterocycles. The maximum Gasteiger partial charge on any atom is 0.333 e. The summed E-state index contributed by atoms with van der Waals surface area (Å²) in [5.41, 5.74) is 0. The smallest absolute Gasteiger partial charge is 0.333 e. The zero-order valence-electron chi connectivity index (χ0n) is 5.92. The van der Waals surface area contributed by atoms with Gasteiger partial charge in [-0.15, -0.1) is 0 Å². The van der Waals surface area contributed by atoms with E-state index < -0.39 is 12.1 Å². The molecule has 3 heteroatoms. The van der Waals surface area contributed by atoms with Crippen LogP contribution in [0.3, 0.4) is 0 Å². The number of aliphatic carboxylic acids is 1. The van der Waals surface area contributed by atoms with Crippen molar-refractivity contribution >= 4 is 5.97 Å². The second kappa shape index (κ2) is 3.45. The first-order valence-electron chi connectivity index (χ1n) is 2.85. The second-order valence-corrected chi connectivity index (χ2v) is 2.24. The normalized spacial score (nSPS) is 13.8. The maximum absolute atomic E-state index is 10.2. The standard InChI is InChI=1S/C6H12O3/c1-4(2)5(9-3)6(7)8/h4-5H,1-3H3,(H,7,8)/t5-/m1/s1. The van der Waals surface area contributed by atoms with Gasteiger partial charge in [0.15, 0.2) is 6.10 Å². The molecule has 0 bridgehead atoms. The van der Waals surface area contributed by atoms with Crippen molar-refractivity contribution in [2.45, 2.75) is 20.0 Å². The number of carboxylic acid groups (broad SMARTS) is 1. The Labute approximate surface area is 54.6 Å². The molecule has 0 fully saturated rings. The third kappa shape index (κ3) is 2.46. The Morgan fingerprint density at radius 1 is 1.56 bits per heavy atom. The van der Waals surface area contributed by atoms with Gasteiger partial charge in [-0.1, -0.05) is 13.8 Å². The summed E-state index contributed by atoms with van der Waals surface area (Å²) in [4.78, 5) is 10.2. The van der Waals surface area contributed by atoms with Crippen LogP contribution in [0.15, 0.2) is 0 Å². The average molecular weight is 132 g/mol. The topological polar surface area (TPSA) is 46.5 Å². The fraction of sp³-hybridized carbons (Fsp3) is 0.833. The molecule has 0 aliphatic carbocycles. The Morgan fingerprint density at radius 2 is 2.00 bits per heavy atom. The first-order valence-corrected chi connectivity index (χ1v) is 2.85. The molecule has 0 radical (unpaired) electrons. The van der Waals surface area contributed by atoms with Gasteiger partial charge in [0.1, 0.15) is 0 Å². The van der Waals surface area contributed by atoms with Gasteiger partial charge in [0.05, 0.1) is 0 Å². The summed E-state index contributed by atoms with van der Waals surface area (Å²) in [5.74, 6) is -0.861. The van der Waals surface area contributed by atoms with Crippen LogP contribution in [0.2, 0.25) is 0 Å². The van der Waals surface area contributed by atoms with Crippen molar-refractivity contribution in [3.8, 4) is 0 Å². The summed E-state index contributed by atoms with van der Waals surface area (Å²) in [6, 6.07) is 0. The van der Waals surface area contributed by atoms with E-state index in [1.165, 1.54) is 7.11 Å². The minimum absolute atomic E-state index is 0.0347. The van der Waals surface area contributed by atoms with E-state index >= 15 is 0 Å². The number of hydrogen-bond acceptors (Lipinski definition) is 2. The van der Waals surface area contributed by atoms with E-state index in [0.717, 1.165) is 0 Å². The molecule has 0 aromatic heterocycles. The Morgan fingerprint density at radius 3 is 2.00 bits per heavy atom. The van der Waals surface area contributed by atoms with Gasteiger partial charge in [0.25, 0.3) is 0 Å². The number of carboxylic acids is 1. The predicted octanol–water partition coefficient (Wildman–Crippen LogP) is 0.742. The average Bonchev–Trinajstić information content (AvgIpc) is 1.64. The number of carbonyl (C=O) groups is 1. The molecule has 0 unspecified atom stereocenters. The maximum atomic E-state index is 10.2. The van der Waals surface area contributed by atoms with Crippen molar-refractivity contribution < 1.29 is 14.6 Å². The van der Waals surface area contributed by atoms with Gasteiger partial charge in [0.2, 0.25) is 0 Å². The fourth-order valence-electron chi connectivity index (χ4n) is 0.658. The summed E-state index contributed by atoms with van der Waals surface area (Å²) in [6.07, 6.45) is -0.662. The number of hydrogen-bond donors (Lipinski definition) is 1. The van der Waals surface area contributed by atoms with Crippen molar-refractivity contribution in [3.63, 3.8) is 0 Å². The SMILES string of the molecule is CO[C@@H](C(=O)O)C(C)C. The zero-order chi connectivity index (χ0) is 7.44. The Hall–Kier alpha value is -0.570. The van der Waals surface area contributed by atoms with Crippen LogP contribution in [0.1, 0.15) is 13.8 Å². The molecule has 0 saturated carbocycles. The molecule has 0 aliphatic rings. The van der Waals surface area contributed by atoms with E-state index in [1.807, 2.05) is 13.8 Å². The largest absolute Gasteiger partial charge is 0.479 e. The van der Waals surface area contributed by atoms with Gasteiger partial charge in [-0.05, 0) is 5.92 Å². The molecule has 0 heterocycles. The molecule has 0 amide bonds. The monoisotopic (exact) mass is 132 g/mol. The minimum atomic E-state index is -0.896. The van der Waals surface area contributed by atoms with Crippen molar-refractivity contribution in [2.75, 3.05) is 7.11 Å². The molecule has 1 N–H and O–H groups in total. The number of rotatable bonds is 3. The van der Waals surface area contributed by atoms with E-state index in [-0.39, 0.29) is 5.92 Å². The lowest BCUT2D eigenvalue weighted by Crippen LogP contribution is -2.27. The van der Waals surface area contributed by atoms with Gasteiger partial charge in [-0.2, -0.15) is 0 Å². The summed E-state index contributed by atoms with van der Waals surface area (Å²) in [5, 5.41) is 8.42. The Balaban J connectivity index is 3.83. The van der Waals surface area contributed by atoms with Crippen LogP contribution in [-0.2, 0) is 9.53 Å². The molecule has 1 atom stereocenters. The quantitative estimate of drug-likeness (QED) is 0.616. The van der Waals surface area contributed by atoms with Gasteiger partial charge >= 0.3 is 5.97 Å². The van der Waals surface area contributed by atoms with Crippen LogP contribution in [-0.4, -0.2) is 24.3 Å².